The highest BCUT2D eigenvalue weighted by Gasteiger charge is 2.36. The Morgan fingerprint density at radius 2 is 1.75 bits per heavy atom. The van der Waals surface area contributed by atoms with Gasteiger partial charge in [-0.05, 0) is 47.4 Å². The van der Waals surface area contributed by atoms with Gasteiger partial charge in [0.15, 0.2) is 8.32 Å². The maximum atomic E-state index is 6.16. The minimum Gasteiger partial charge on any atom is -0.444 e. The van der Waals surface area contributed by atoms with E-state index in [2.05, 4.69) is 33.9 Å². The molecule has 0 aliphatic rings. The molecule has 0 bridgehead atoms. The fourth-order valence-corrected chi connectivity index (χ4v) is 2.36. The first-order valence-electron chi connectivity index (χ1n) is 6.52. The molecule has 2 nitrogen and oxygen atoms in total. The fraction of sp³-hybridized carbons (Fsp3) is 0.467. The number of ether oxygens (including phenoxy) is 1. The molecule has 0 radical (unpaired) electrons. The molecule has 0 fully saturated rings. The van der Waals surface area contributed by atoms with Crippen molar-refractivity contribution in [1.82, 2.24) is 0 Å². The number of hydrogen-bond donors (Lipinski definition) is 0. The zero-order chi connectivity index (χ0) is 15.4. The van der Waals surface area contributed by atoms with Crippen molar-refractivity contribution in [2.24, 2.45) is 0 Å². The number of halogens is 2. The summed E-state index contributed by atoms with van der Waals surface area (Å²) in [5.74, 6) is 0.656. The van der Waals surface area contributed by atoms with Crippen molar-refractivity contribution in [2.45, 2.75) is 45.5 Å². The van der Waals surface area contributed by atoms with Crippen molar-refractivity contribution >= 4 is 31.5 Å². The lowest BCUT2D eigenvalue weighted by atomic mass is 10.2. The molecule has 0 amide bonds. The molecular formula is C15H22Cl2O2Si. The predicted molar refractivity (Wildman–Crippen MR) is 88.8 cm³/mol. The molecular weight excluding hydrogens is 311 g/mol. The first kappa shape index (κ1) is 17.6. The molecule has 0 heterocycles. The molecule has 0 saturated carbocycles. The quantitative estimate of drug-likeness (QED) is 0.496. The number of hydrogen-bond acceptors (Lipinski definition) is 2. The summed E-state index contributed by atoms with van der Waals surface area (Å²) in [4.78, 5) is 0. The Morgan fingerprint density at radius 1 is 1.20 bits per heavy atom. The van der Waals surface area contributed by atoms with Gasteiger partial charge in [0.25, 0.3) is 0 Å². The van der Waals surface area contributed by atoms with Gasteiger partial charge >= 0.3 is 0 Å². The predicted octanol–water partition coefficient (Wildman–Crippen LogP) is 5.86. The third-order valence-corrected chi connectivity index (χ3v) is 8.60. The molecule has 1 rings (SSSR count). The van der Waals surface area contributed by atoms with E-state index in [1.165, 1.54) is 5.54 Å². The molecule has 0 aromatic heterocycles. The highest BCUT2D eigenvalue weighted by atomic mass is 35.5. The molecule has 0 unspecified atom stereocenters. The zero-order valence-electron chi connectivity index (χ0n) is 12.7. The Kier molecular flexibility index (Phi) is 6.14. The molecule has 20 heavy (non-hydrogen) atoms. The monoisotopic (exact) mass is 332 g/mol. The van der Waals surface area contributed by atoms with Crippen molar-refractivity contribution < 1.29 is 9.16 Å². The summed E-state index contributed by atoms with van der Waals surface area (Å²) in [5, 5.41) is 0.367. The van der Waals surface area contributed by atoms with Crippen LogP contribution in [0.15, 0.2) is 35.0 Å². The first-order chi connectivity index (χ1) is 9.15. The molecule has 0 N–H and O–H groups in total. The number of benzene rings is 1. The topological polar surface area (TPSA) is 18.5 Å². The third-order valence-electron chi connectivity index (χ3n) is 3.63. The van der Waals surface area contributed by atoms with Gasteiger partial charge in [-0.1, -0.05) is 44.5 Å². The van der Waals surface area contributed by atoms with Gasteiger partial charge in [-0.3, -0.25) is 0 Å². The molecule has 1 aromatic rings. The third kappa shape index (κ3) is 5.13. The van der Waals surface area contributed by atoms with Crippen LogP contribution in [-0.4, -0.2) is 8.32 Å². The molecule has 0 saturated heterocycles. The summed E-state index contributed by atoms with van der Waals surface area (Å²) in [6.07, 6.45) is 0. The number of rotatable bonds is 5. The summed E-state index contributed by atoms with van der Waals surface area (Å²) in [7, 11) is -1.71. The second-order valence-corrected chi connectivity index (χ2v) is 11.6. The summed E-state index contributed by atoms with van der Waals surface area (Å²) in [6.45, 7) is 11.8. The van der Waals surface area contributed by atoms with E-state index in [9.17, 15) is 0 Å². The average molecular weight is 333 g/mol. The molecule has 5 heteroatoms. The lowest BCUT2D eigenvalue weighted by Crippen LogP contribution is -2.40. The van der Waals surface area contributed by atoms with Crippen LogP contribution in [-0.2, 0) is 11.0 Å². The zero-order valence-corrected chi connectivity index (χ0v) is 15.2. The largest absolute Gasteiger partial charge is 0.444 e. The highest BCUT2D eigenvalue weighted by Crippen LogP contribution is 2.37. The van der Waals surface area contributed by atoms with Gasteiger partial charge in [0.1, 0.15) is 5.75 Å². The Hall–Kier alpha value is -0.483. The van der Waals surface area contributed by atoms with Crippen LogP contribution in [0.2, 0.25) is 18.1 Å². The van der Waals surface area contributed by atoms with E-state index in [0.29, 0.717) is 12.4 Å². The van der Waals surface area contributed by atoms with Gasteiger partial charge in [0, 0.05) is 0 Å². The van der Waals surface area contributed by atoms with Crippen molar-refractivity contribution in [3.05, 3.63) is 40.6 Å². The van der Waals surface area contributed by atoms with Crippen LogP contribution in [0.25, 0.3) is 0 Å². The second kappa shape index (κ2) is 6.99. The molecule has 1 aromatic carbocycles. The summed E-state index contributed by atoms with van der Waals surface area (Å²) < 4.78 is 11.4. The van der Waals surface area contributed by atoms with Crippen LogP contribution in [0.3, 0.4) is 0 Å². The minimum absolute atomic E-state index is 0.150. The lowest BCUT2D eigenvalue weighted by molar-refractivity contribution is 0.276. The molecule has 0 aliphatic heterocycles. The maximum absolute atomic E-state index is 6.16. The van der Waals surface area contributed by atoms with E-state index in [1.807, 2.05) is 24.3 Å². The van der Waals surface area contributed by atoms with Crippen LogP contribution in [0, 0.1) is 0 Å². The second-order valence-electron chi connectivity index (χ2n) is 6.21. The van der Waals surface area contributed by atoms with Crippen LogP contribution < -0.4 is 4.74 Å². The molecule has 0 aliphatic carbocycles. The van der Waals surface area contributed by atoms with Gasteiger partial charge < -0.3 is 9.16 Å². The fourth-order valence-electron chi connectivity index (χ4n) is 1.27. The van der Waals surface area contributed by atoms with Crippen LogP contribution >= 0.6 is 23.2 Å². The molecule has 0 spiro atoms. The SMILES string of the molecule is CC(C)(C)[Si](C)(C)OCc1ccc(O/C(Cl)=C\Cl)cc1. The summed E-state index contributed by atoms with van der Waals surface area (Å²) >= 11 is 11.1. The maximum Gasteiger partial charge on any atom is 0.205 e. The van der Waals surface area contributed by atoms with Gasteiger partial charge in [-0.15, -0.1) is 0 Å². The van der Waals surface area contributed by atoms with E-state index < -0.39 is 8.32 Å². The standard InChI is InChI=1S/C15H22Cl2O2Si/c1-15(2,3)20(4,5)18-11-12-6-8-13(9-7-12)19-14(17)10-16/h6-10H,11H2,1-5H3/b14-10-. The van der Waals surface area contributed by atoms with Gasteiger partial charge in [0.2, 0.25) is 5.22 Å². The van der Waals surface area contributed by atoms with Crippen molar-refractivity contribution in [3.8, 4) is 5.75 Å². The van der Waals surface area contributed by atoms with Crippen LogP contribution in [0.1, 0.15) is 26.3 Å². The molecule has 112 valence electrons. The van der Waals surface area contributed by atoms with Gasteiger partial charge in [0.05, 0.1) is 12.1 Å². The summed E-state index contributed by atoms with van der Waals surface area (Å²) in [6, 6.07) is 7.65. The Bertz CT molecular complexity index is 462. The minimum atomic E-state index is -1.71. The average Bonchev–Trinajstić information content (AvgIpc) is 2.36. The van der Waals surface area contributed by atoms with E-state index >= 15 is 0 Å². The smallest absolute Gasteiger partial charge is 0.205 e. The normalized spacial score (nSPS) is 13.4. The van der Waals surface area contributed by atoms with Crippen molar-refractivity contribution in [1.29, 1.82) is 0 Å². The Morgan fingerprint density at radius 3 is 2.20 bits per heavy atom. The van der Waals surface area contributed by atoms with Crippen molar-refractivity contribution in [2.75, 3.05) is 0 Å². The van der Waals surface area contributed by atoms with E-state index in [-0.39, 0.29) is 10.3 Å². The molecule has 0 atom stereocenters. The summed E-state index contributed by atoms with van der Waals surface area (Å²) in [5.41, 5.74) is 2.31. The highest BCUT2D eigenvalue weighted by molar-refractivity contribution is 6.74. The van der Waals surface area contributed by atoms with Crippen LogP contribution in [0.4, 0.5) is 0 Å². The lowest BCUT2D eigenvalue weighted by Gasteiger charge is -2.36. The Balaban J connectivity index is 2.63. The van der Waals surface area contributed by atoms with Gasteiger partial charge in [-0.25, -0.2) is 0 Å². The Labute approximate surface area is 132 Å². The first-order valence-corrected chi connectivity index (χ1v) is 10.2. The van der Waals surface area contributed by atoms with Crippen LogP contribution in [0.5, 0.6) is 5.75 Å². The van der Waals surface area contributed by atoms with E-state index in [1.54, 1.807) is 0 Å². The van der Waals surface area contributed by atoms with Gasteiger partial charge in [-0.2, -0.15) is 0 Å². The van der Waals surface area contributed by atoms with Crippen molar-refractivity contribution in [3.63, 3.8) is 0 Å². The van der Waals surface area contributed by atoms with E-state index in [4.69, 9.17) is 32.4 Å². The van der Waals surface area contributed by atoms with E-state index in [0.717, 1.165) is 5.56 Å².